The third-order valence-corrected chi connectivity index (χ3v) is 3.80. The number of hydrogen-bond donors (Lipinski definition) is 3. The van der Waals surface area contributed by atoms with E-state index in [2.05, 4.69) is 15.8 Å². The van der Waals surface area contributed by atoms with Crippen LogP contribution < -0.4 is 15.5 Å². The molecule has 0 bridgehead atoms. The Morgan fingerprint density at radius 1 is 1.32 bits per heavy atom. The van der Waals surface area contributed by atoms with Crippen LogP contribution in [-0.2, 0) is 4.79 Å². The van der Waals surface area contributed by atoms with Gasteiger partial charge in [0.15, 0.2) is 11.5 Å². The summed E-state index contributed by atoms with van der Waals surface area (Å²) in [5.41, 5.74) is 2.73. The van der Waals surface area contributed by atoms with Crippen molar-refractivity contribution in [2.24, 2.45) is 5.10 Å². The fourth-order valence-electron chi connectivity index (χ4n) is 2.20. The van der Waals surface area contributed by atoms with E-state index < -0.39 is 17.6 Å². The van der Waals surface area contributed by atoms with Crippen LogP contribution in [0.4, 0.5) is 4.39 Å². The molecule has 0 saturated carbocycles. The molecule has 2 amide bonds. The van der Waals surface area contributed by atoms with Gasteiger partial charge in [-0.3, -0.25) is 9.59 Å². The minimum Gasteiger partial charge on any atom is -0.503 e. The average Bonchev–Trinajstić information content (AvgIpc) is 2.66. The number of amides is 2. The summed E-state index contributed by atoms with van der Waals surface area (Å²) in [6.45, 7) is 2.13. The van der Waals surface area contributed by atoms with E-state index in [0.29, 0.717) is 12.2 Å². The van der Waals surface area contributed by atoms with Gasteiger partial charge in [-0.1, -0.05) is 23.7 Å². The van der Waals surface area contributed by atoms with Crippen molar-refractivity contribution in [3.05, 3.63) is 58.4 Å². The second-order valence-corrected chi connectivity index (χ2v) is 5.97. The molecule has 0 aliphatic carbocycles. The van der Waals surface area contributed by atoms with Crippen molar-refractivity contribution in [3.8, 4) is 11.5 Å². The smallest absolute Gasteiger partial charge is 0.254 e. The van der Waals surface area contributed by atoms with Crippen molar-refractivity contribution >= 4 is 29.6 Å². The molecule has 0 aromatic heterocycles. The van der Waals surface area contributed by atoms with Crippen molar-refractivity contribution < 1.29 is 23.8 Å². The normalized spacial score (nSPS) is 10.7. The summed E-state index contributed by atoms with van der Waals surface area (Å²) >= 11 is 5.91. The SMILES string of the molecule is CCOc1cc(C=NNC(=O)CCNC(=O)c2ccccc2F)cc(Cl)c1O. The van der Waals surface area contributed by atoms with Crippen molar-refractivity contribution in [1.29, 1.82) is 0 Å². The Morgan fingerprint density at radius 3 is 2.79 bits per heavy atom. The summed E-state index contributed by atoms with van der Waals surface area (Å²) < 4.78 is 18.7. The number of carbonyl (C=O) groups excluding carboxylic acids is 2. The Bertz CT molecular complexity index is 889. The highest BCUT2D eigenvalue weighted by Crippen LogP contribution is 2.34. The van der Waals surface area contributed by atoms with Crippen molar-refractivity contribution in [1.82, 2.24) is 10.7 Å². The van der Waals surface area contributed by atoms with Crippen LogP contribution in [-0.4, -0.2) is 36.3 Å². The highest BCUT2D eigenvalue weighted by molar-refractivity contribution is 6.32. The van der Waals surface area contributed by atoms with E-state index in [9.17, 15) is 19.1 Å². The summed E-state index contributed by atoms with van der Waals surface area (Å²) in [6, 6.07) is 8.55. The first-order valence-corrected chi connectivity index (χ1v) is 8.80. The van der Waals surface area contributed by atoms with Gasteiger partial charge in [0.25, 0.3) is 5.91 Å². The predicted octanol–water partition coefficient (Wildman–Crippen LogP) is 2.85. The van der Waals surface area contributed by atoms with Gasteiger partial charge in [-0.15, -0.1) is 0 Å². The van der Waals surface area contributed by atoms with Gasteiger partial charge in [0.1, 0.15) is 5.82 Å². The Kier molecular flexibility index (Phi) is 7.76. The maximum absolute atomic E-state index is 13.5. The molecule has 2 aromatic rings. The van der Waals surface area contributed by atoms with Crippen LogP contribution in [0.15, 0.2) is 41.5 Å². The number of halogens is 2. The van der Waals surface area contributed by atoms with Crippen LogP contribution in [0.2, 0.25) is 5.02 Å². The number of ether oxygens (including phenoxy) is 1. The molecule has 0 radical (unpaired) electrons. The maximum atomic E-state index is 13.5. The Labute approximate surface area is 166 Å². The van der Waals surface area contributed by atoms with E-state index >= 15 is 0 Å². The van der Waals surface area contributed by atoms with E-state index in [1.54, 1.807) is 13.0 Å². The summed E-state index contributed by atoms with van der Waals surface area (Å²) in [7, 11) is 0. The third kappa shape index (κ3) is 5.95. The van der Waals surface area contributed by atoms with Gasteiger partial charge in [-0.25, -0.2) is 9.82 Å². The summed E-state index contributed by atoms with van der Waals surface area (Å²) in [5.74, 6) is -1.64. The van der Waals surface area contributed by atoms with E-state index in [4.69, 9.17) is 16.3 Å². The average molecular weight is 408 g/mol. The van der Waals surface area contributed by atoms with Crippen LogP contribution in [0.1, 0.15) is 29.3 Å². The molecule has 2 aromatic carbocycles. The summed E-state index contributed by atoms with van der Waals surface area (Å²) in [4.78, 5) is 23.6. The number of nitrogens with one attached hydrogen (secondary N) is 2. The molecule has 0 spiro atoms. The number of phenols is 1. The van der Waals surface area contributed by atoms with Crippen molar-refractivity contribution in [2.75, 3.05) is 13.2 Å². The molecule has 148 valence electrons. The highest BCUT2D eigenvalue weighted by atomic mass is 35.5. The lowest BCUT2D eigenvalue weighted by Crippen LogP contribution is -2.29. The zero-order chi connectivity index (χ0) is 20.5. The number of carbonyl (C=O) groups is 2. The van der Waals surface area contributed by atoms with Crippen molar-refractivity contribution in [3.63, 3.8) is 0 Å². The number of benzene rings is 2. The number of nitrogens with zero attached hydrogens (tertiary/aromatic N) is 1. The van der Waals surface area contributed by atoms with Gasteiger partial charge in [0.2, 0.25) is 5.91 Å². The molecule has 28 heavy (non-hydrogen) atoms. The Morgan fingerprint density at radius 2 is 2.07 bits per heavy atom. The molecule has 0 fully saturated rings. The van der Waals surface area contributed by atoms with E-state index in [1.807, 2.05) is 0 Å². The van der Waals surface area contributed by atoms with Gasteiger partial charge in [0, 0.05) is 13.0 Å². The fraction of sp³-hybridized carbons (Fsp3) is 0.211. The molecule has 0 unspecified atom stereocenters. The van der Waals surface area contributed by atoms with Gasteiger partial charge in [0.05, 0.1) is 23.4 Å². The van der Waals surface area contributed by atoms with Crippen LogP contribution in [0.3, 0.4) is 0 Å². The van der Waals surface area contributed by atoms with Crippen LogP contribution in [0.5, 0.6) is 11.5 Å². The minimum atomic E-state index is -0.631. The Hall–Kier alpha value is -3.13. The van der Waals surface area contributed by atoms with E-state index in [1.165, 1.54) is 36.5 Å². The predicted molar refractivity (Wildman–Crippen MR) is 103 cm³/mol. The molecule has 2 rings (SSSR count). The van der Waals surface area contributed by atoms with Crippen LogP contribution >= 0.6 is 11.6 Å². The topological polar surface area (TPSA) is 100 Å². The largest absolute Gasteiger partial charge is 0.503 e. The molecule has 0 saturated heterocycles. The lowest BCUT2D eigenvalue weighted by molar-refractivity contribution is -0.120. The second kappa shape index (κ2) is 10.3. The lowest BCUT2D eigenvalue weighted by Gasteiger charge is -2.08. The number of aromatic hydroxyl groups is 1. The van der Waals surface area contributed by atoms with Gasteiger partial charge in [-0.05, 0) is 36.8 Å². The molecule has 7 nitrogen and oxygen atoms in total. The number of phenolic OH excluding ortho intramolecular Hbond substituents is 1. The molecule has 0 aliphatic rings. The molecule has 0 atom stereocenters. The first-order valence-electron chi connectivity index (χ1n) is 8.42. The van der Waals surface area contributed by atoms with E-state index in [0.717, 1.165) is 0 Å². The lowest BCUT2D eigenvalue weighted by atomic mass is 10.2. The molecule has 0 aliphatic heterocycles. The zero-order valence-electron chi connectivity index (χ0n) is 15.0. The number of hydrazone groups is 1. The van der Waals surface area contributed by atoms with Gasteiger partial charge in [-0.2, -0.15) is 5.10 Å². The second-order valence-electron chi connectivity index (χ2n) is 5.56. The summed E-state index contributed by atoms with van der Waals surface area (Å²) in [5, 5.41) is 16.1. The standard InChI is InChI=1S/C19H19ClFN3O4/c1-2-28-16-10-12(9-14(20)18(16)26)11-23-24-17(25)7-8-22-19(27)13-5-3-4-6-15(13)21/h3-6,9-11,26H,2,7-8H2,1H3,(H,22,27)(H,24,25). The van der Waals surface area contributed by atoms with E-state index in [-0.39, 0.29) is 35.1 Å². The molecule has 9 heteroatoms. The van der Waals surface area contributed by atoms with Crippen LogP contribution in [0, 0.1) is 5.82 Å². The maximum Gasteiger partial charge on any atom is 0.254 e. The van der Waals surface area contributed by atoms with Gasteiger partial charge >= 0.3 is 0 Å². The highest BCUT2D eigenvalue weighted by Gasteiger charge is 2.11. The van der Waals surface area contributed by atoms with Crippen molar-refractivity contribution in [2.45, 2.75) is 13.3 Å². The zero-order valence-corrected chi connectivity index (χ0v) is 15.8. The Balaban J connectivity index is 1.82. The number of rotatable bonds is 8. The van der Waals surface area contributed by atoms with Crippen LogP contribution in [0.25, 0.3) is 0 Å². The van der Waals surface area contributed by atoms with Gasteiger partial charge < -0.3 is 15.2 Å². The molecule has 0 heterocycles. The third-order valence-electron chi connectivity index (χ3n) is 3.51. The molecular weight excluding hydrogens is 389 g/mol. The first-order chi connectivity index (χ1) is 13.4. The monoisotopic (exact) mass is 407 g/mol. The first kappa shape index (κ1) is 21.2. The summed E-state index contributed by atoms with van der Waals surface area (Å²) in [6.07, 6.45) is 1.29. The number of hydrogen-bond acceptors (Lipinski definition) is 5. The quantitative estimate of drug-likeness (QED) is 0.462. The molecule has 3 N–H and O–H groups in total. The molecular formula is C19H19ClFN3O4. The minimum absolute atomic E-state index is 0.0219. The fourth-order valence-corrected chi connectivity index (χ4v) is 2.42.